The van der Waals surface area contributed by atoms with Gasteiger partial charge in [-0.2, -0.15) is 0 Å². The van der Waals surface area contributed by atoms with E-state index in [1.54, 1.807) is 11.0 Å². The molecule has 0 spiro atoms. The number of likely N-dealkylation sites (tertiary alicyclic amines) is 1. The van der Waals surface area contributed by atoms with E-state index in [2.05, 4.69) is 5.32 Å². The van der Waals surface area contributed by atoms with E-state index >= 15 is 0 Å². The second kappa shape index (κ2) is 6.41. The highest BCUT2D eigenvalue weighted by molar-refractivity contribution is 5.90. The maximum absolute atomic E-state index is 13.5. The first-order valence-corrected chi connectivity index (χ1v) is 7.95. The number of benzene rings is 2. The minimum atomic E-state index is -0.260. The van der Waals surface area contributed by atoms with Gasteiger partial charge in [-0.1, -0.05) is 24.3 Å². The number of amides is 2. The van der Waals surface area contributed by atoms with E-state index in [1.165, 1.54) is 12.1 Å². The highest BCUT2D eigenvalue weighted by Gasteiger charge is 2.30. The number of nitrogens with one attached hydrogen (secondary N) is 1. The quantitative estimate of drug-likeness (QED) is 0.848. The van der Waals surface area contributed by atoms with Crippen LogP contribution in [0.25, 0.3) is 0 Å². The van der Waals surface area contributed by atoms with Crippen LogP contribution in [0.5, 0.6) is 0 Å². The van der Waals surface area contributed by atoms with Gasteiger partial charge in [0.25, 0.3) is 0 Å². The van der Waals surface area contributed by atoms with Crippen LogP contribution in [0.1, 0.15) is 35.6 Å². The van der Waals surface area contributed by atoms with Crippen LogP contribution in [0.4, 0.5) is 14.9 Å². The zero-order valence-electron chi connectivity index (χ0n) is 13.5. The third-order valence-corrected chi connectivity index (χ3v) is 4.38. The Labute approximate surface area is 136 Å². The largest absolute Gasteiger partial charge is 0.322 e. The van der Waals surface area contributed by atoms with Crippen LogP contribution in [0, 0.1) is 19.7 Å². The predicted octanol–water partition coefficient (Wildman–Crippen LogP) is 4.81. The summed E-state index contributed by atoms with van der Waals surface area (Å²) in [6, 6.07) is 12.4. The maximum atomic E-state index is 13.5. The Kier molecular flexibility index (Phi) is 4.33. The van der Waals surface area contributed by atoms with E-state index < -0.39 is 0 Å². The second-order valence-corrected chi connectivity index (χ2v) is 6.15. The molecule has 2 amide bonds. The predicted molar refractivity (Wildman–Crippen MR) is 90.0 cm³/mol. The van der Waals surface area contributed by atoms with Crippen LogP contribution in [0.3, 0.4) is 0 Å². The third-order valence-electron chi connectivity index (χ3n) is 4.38. The molecule has 3 nitrogen and oxygen atoms in total. The Morgan fingerprint density at radius 1 is 1.22 bits per heavy atom. The number of halogens is 1. The van der Waals surface area contributed by atoms with Crippen LogP contribution >= 0.6 is 0 Å². The number of urea groups is 1. The molecular weight excluding hydrogens is 291 g/mol. The summed E-state index contributed by atoms with van der Waals surface area (Å²) in [6.45, 7) is 4.67. The van der Waals surface area contributed by atoms with E-state index in [0.717, 1.165) is 35.2 Å². The zero-order chi connectivity index (χ0) is 16.4. The van der Waals surface area contributed by atoms with Crippen molar-refractivity contribution in [3.05, 3.63) is 65.0 Å². The molecule has 1 heterocycles. The zero-order valence-corrected chi connectivity index (χ0v) is 13.5. The molecule has 4 heteroatoms. The molecule has 1 atom stereocenters. The molecule has 1 aliphatic rings. The summed E-state index contributed by atoms with van der Waals surface area (Å²) in [5, 5.41) is 3.00. The number of nitrogens with zero attached hydrogens (tertiary/aromatic N) is 1. The van der Waals surface area contributed by atoms with Crippen molar-refractivity contribution in [1.82, 2.24) is 4.90 Å². The summed E-state index contributed by atoms with van der Waals surface area (Å²) >= 11 is 0. The van der Waals surface area contributed by atoms with Gasteiger partial charge in [-0.3, -0.25) is 0 Å². The minimum absolute atomic E-state index is 0.0594. The van der Waals surface area contributed by atoms with E-state index in [1.807, 2.05) is 38.1 Å². The number of anilines is 1. The lowest BCUT2D eigenvalue weighted by molar-refractivity contribution is 0.207. The van der Waals surface area contributed by atoms with E-state index in [0.29, 0.717) is 6.54 Å². The van der Waals surface area contributed by atoms with Crippen molar-refractivity contribution in [2.45, 2.75) is 32.7 Å². The van der Waals surface area contributed by atoms with E-state index in [-0.39, 0.29) is 17.9 Å². The molecule has 3 rings (SSSR count). The van der Waals surface area contributed by atoms with Crippen molar-refractivity contribution in [1.29, 1.82) is 0 Å². The van der Waals surface area contributed by atoms with Crippen LogP contribution < -0.4 is 5.32 Å². The smallest absolute Gasteiger partial charge is 0.317 e. The summed E-state index contributed by atoms with van der Waals surface area (Å²) in [5.41, 5.74) is 3.83. The molecule has 0 radical (unpaired) electrons. The second-order valence-electron chi connectivity index (χ2n) is 6.15. The molecule has 1 saturated heterocycles. The van der Waals surface area contributed by atoms with Gasteiger partial charge in [0.1, 0.15) is 5.82 Å². The van der Waals surface area contributed by atoms with Crippen molar-refractivity contribution in [3.8, 4) is 0 Å². The van der Waals surface area contributed by atoms with Crippen LogP contribution in [-0.4, -0.2) is 17.5 Å². The molecular formula is C19H21FN2O. The molecule has 1 N–H and O–H groups in total. The van der Waals surface area contributed by atoms with Crippen molar-refractivity contribution in [2.75, 3.05) is 11.9 Å². The van der Waals surface area contributed by atoms with Crippen molar-refractivity contribution < 1.29 is 9.18 Å². The van der Waals surface area contributed by atoms with E-state index in [9.17, 15) is 9.18 Å². The van der Waals surface area contributed by atoms with Gasteiger partial charge in [0.2, 0.25) is 0 Å². The van der Waals surface area contributed by atoms with Gasteiger partial charge in [0.05, 0.1) is 6.04 Å². The Morgan fingerprint density at radius 2 is 2.04 bits per heavy atom. The van der Waals surface area contributed by atoms with Crippen LogP contribution in [-0.2, 0) is 0 Å². The summed E-state index contributed by atoms with van der Waals surface area (Å²) in [4.78, 5) is 14.5. The number of rotatable bonds is 2. The molecule has 2 aromatic carbocycles. The lowest BCUT2D eigenvalue weighted by Crippen LogP contribution is -2.34. The van der Waals surface area contributed by atoms with E-state index in [4.69, 9.17) is 0 Å². The normalized spacial score (nSPS) is 17.3. The molecule has 1 unspecified atom stereocenters. The van der Waals surface area contributed by atoms with Gasteiger partial charge < -0.3 is 10.2 Å². The molecule has 0 aromatic heterocycles. The highest BCUT2D eigenvalue weighted by atomic mass is 19.1. The van der Waals surface area contributed by atoms with Crippen molar-refractivity contribution in [2.24, 2.45) is 0 Å². The Bertz CT molecular complexity index is 729. The Morgan fingerprint density at radius 3 is 2.83 bits per heavy atom. The molecule has 2 aromatic rings. The molecule has 1 fully saturated rings. The maximum Gasteiger partial charge on any atom is 0.322 e. The van der Waals surface area contributed by atoms with Gasteiger partial charge in [0, 0.05) is 12.2 Å². The summed E-state index contributed by atoms with van der Waals surface area (Å²) in [7, 11) is 0. The van der Waals surface area contributed by atoms with Gasteiger partial charge >= 0.3 is 6.03 Å². The molecule has 1 aliphatic heterocycles. The molecule has 0 aliphatic carbocycles. The SMILES string of the molecule is Cc1ccc(C)c(NC(=O)N2CCCC2c2cccc(F)c2)c1. The number of carbonyl (C=O) groups excluding carboxylic acids is 1. The average Bonchev–Trinajstić information content (AvgIpc) is 3.00. The highest BCUT2D eigenvalue weighted by Crippen LogP contribution is 2.32. The van der Waals surface area contributed by atoms with Crippen LogP contribution in [0.2, 0.25) is 0 Å². The standard InChI is InChI=1S/C19H21FN2O/c1-13-8-9-14(2)17(11-13)21-19(23)22-10-4-7-18(22)15-5-3-6-16(20)12-15/h3,5-6,8-9,11-12,18H,4,7,10H2,1-2H3,(H,21,23). The Hall–Kier alpha value is -2.36. The monoisotopic (exact) mass is 312 g/mol. The minimum Gasteiger partial charge on any atom is -0.317 e. The van der Waals surface area contributed by atoms with Gasteiger partial charge in [-0.15, -0.1) is 0 Å². The summed E-state index contributed by atoms with van der Waals surface area (Å²) in [5.74, 6) is -0.260. The summed E-state index contributed by atoms with van der Waals surface area (Å²) < 4.78 is 13.5. The molecule has 0 saturated carbocycles. The number of aryl methyl sites for hydroxylation is 2. The fourth-order valence-corrected chi connectivity index (χ4v) is 3.13. The van der Waals surface area contributed by atoms with Crippen molar-refractivity contribution in [3.63, 3.8) is 0 Å². The Balaban J connectivity index is 1.79. The average molecular weight is 312 g/mol. The fourth-order valence-electron chi connectivity index (χ4n) is 3.13. The first-order chi connectivity index (χ1) is 11.0. The number of carbonyl (C=O) groups is 1. The van der Waals surface area contributed by atoms with Gasteiger partial charge in [-0.05, 0) is 61.6 Å². The van der Waals surface area contributed by atoms with Crippen molar-refractivity contribution >= 4 is 11.7 Å². The van der Waals surface area contributed by atoms with Gasteiger partial charge in [0.15, 0.2) is 0 Å². The lowest BCUT2D eigenvalue weighted by Gasteiger charge is -2.26. The summed E-state index contributed by atoms with van der Waals surface area (Å²) in [6.07, 6.45) is 1.80. The van der Waals surface area contributed by atoms with Gasteiger partial charge in [-0.25, -0.2) is 9.18 Å². The molecule has 120 valence electrons. The lowest BCUT2D eigenvalue weighted by atomic mass is 10.0. The first-order valence-electron chi connectivity index (χ1n) is 7.95. The van der Waals surface area contributed by atoms with Crippen LogP contribution in [0.15, 0.2) is 42.5 Å². The molecule has 0 bridgehead atoms. The topological polar surface area (TPSA) is 32.3 Å². The first kappa shape index (κ1) is 15.5. The fraction of sp³-hybridized carbons (Fsp3) is 0.316. The molecule has 23 heavy (non-hydrogen) atoms. The third kappa shape index (κ3) is 3.36. The number of hydrogen-bond donors (Lipinski definition) is 1. The number of hydrogen-bond acceptors (Lipinski definition) is 1.